The second kappa shape index (κ2) is 5.14. The Kier molecular flexibility index (Phi) is 3.73. The number of hydrogen-bond donors (Lipinski definition) is 1. The lowest BCUT2D eigenvalue weighted by Gasteiger charge is -2.17. The Morgan fingerprint density at radius 2 is 2.05 bits per heavy atom. The molecule has 1 aromatic carbocycles. The Morgan fingerprint density at radius 3 is 2.58 bits per heavy atom. The molecule has 6 heteroatoms. The quantitative estimate of drug-likeness (QED) is 0.911. The van der Waals surface area contributed by atoms with Gasteiger partial charge in [-0.3, -0.25) is 4.68 Å². The van der Waals surface area contributed by atoms with Crippen molar-refractivity contribution in [2.24, 2.45) is 7.05 Å². The highest BCUT2D eigenvalue weighted by atomic mass is 32.2. The Bertz CT molecular complexity index is 677. The standard InChI is InChI=1S/C13H17N3O2S/c1-14-13(12-7-8-15-16(12)2)10-5-4-6-11(9-10)19(3,17)18/h4-9,13-14H,1-3H3. The van der Waals surface area contributed by atoms with Gasteiger partial charge in [0.1, 0.15) is 0 Å². The van der Waals surface area contributed by atoms with Crippen molar-refractivity contribution in [1.29, 1.82) is 0 Å². The second-order valence-electron chi connectivity index (χ2n) is 4.45. The number of rotatable bonds is 4. The van der Waals surface area contributed by atoms with Gasteiger partial charge in [-0.1, -0.05) is 12.1 Å². The molecule has 1 atom stereocenters. The van der Waals surface area contributed by atoms with Crippen LogP contribution in [-0.4, -0.2) is 31.5 Å². The van der Waals surface area contributed by atoms with Gasteiger partial charge in [0.05, 0.1) is 16.6 Å². The van der Waals surface area contributed by atoms with E-state index >= 15 is 0 Å². The number of nitrogens with one attached hydrogen (secondary N) is 1. The fourth-order valence-electron chi connectivity index (χ4n) is 2.08. The van der Waals surface area contributed by atoms with E-state index in [0.29, 0.717) is 4.90 Å². The van der Waals surface area contributed by atoms with Crippen molar-refractivity contribution in [1.82, 2.24) is 15.1 Å². The van der Waals surface area contributed by atoms with E-state index in [1.165, 1.54) is 6.26 Å². The average Bonchev–Trinajstić information content (AvgIpc) is 2.76. The molecule has 5 nitrogen and oxygen atoms in total. The van der Waals surface area contributed by atoms with Crippen molar-refractivity contribution >= 4 is 9.84 Å². The summed E-state index contributed by atoms with van der Waals surface area (Å²) in [5.41, 5.74) is 1.88. The van der Waals surface area contributed by atoms with Crippen LogP contribution in [0.15, 0.2) is 41.4 Å². The number of aryl methyl sites for hydroxylation is 1. The van der Waals surface area contributed by atoms with Crippen molar-refractivity contribution in [2.75, 3.05) is 13.3 Å². The first-order chi connectivity index (χ1) is 8.93. The second-order valence-corrected chi connectivity index (χ2v) is 6.46. The number of aromatic nitrogens is 2. The zero-order chi connectivity index (χ0) is 14.0. The highest BCUT2D eigenvalue weighted by molar-refractivity contribution is 7.90. The summed E-state index contributed by atoms with van der Waals surface area (Å²) >= 11 is 0. The Labute approximate surface area is 113 Å². The molecular formula is C13H17N3O2S. The molecule has 0 spiro atoms. The van der Waals surface area contributed by atoms with E-state index < -0.39 is 9.84 Å². The molecule has 1 N–H and O–H groups in total. The van der Waals surface area contributed by atoms with Gasteiger partial charge in [0.15, 0.2) is 9.84 Å². The molecule has 19 heavy (non-hydrogen) atoms. The smallest absolute Gasteiger partial charge is 0.175 e. The summed E-state index contributed by atoms with van der Waals surface area (Å²) in [5.74, 6) is 0. The van der Waals surface area contributed by atoms with E-state index in [4.69, 9.17) is 0 Å². The van der Waals surface area contributed by atoms with Crippen molar-refractivity contribution in [3.05, 3.63) is 47.8 Å². The van der Waals surface area contributed by atoms with Gasteiger partial charge in [-0.15, -0.1) is 0 Å². The van der Waals surface area contributed by atoms with Gasteiger partial charge < -0.3 is 5.32 Å². The molecule has 0 bridgehead atoms. The van der Waals surface area contributed by atoms with Gasteiger partial charge in [-0.05, 0) is 30.8 Å². The van der Waals surface area contributed by atoms with Crippen molar-refractivity contribution in [3.8, 4) is 0 Å². The molecule has 2 aromatic rings. The van der Waals surface area contributed by atoms with E-state index in [9.17, 15) is 8.42 Å². The van der Waals surface area contributed by atoms with E-state index in [0.717, 1.165) is 11.3 Å². The van der Waals surface area contributed by atoms with Gasteiger partial charge in [0.2, 0.25) is 0 Å². The molecule has 1 unspecified atom stereocenters. The van der Waals surface area contributed by atoms with Gasteiger partial charge >= 0.3 is 0 Å². The molecule has 0 aliphatic carbocycles. The number of hydrogen-bond acceptors (Lipinski definition) is 4. The number of benzene rings is 1. The monoisotopic (exact) mass is 279 g/mol. The highest BCUT2D eigenvalue weighted by Gasteiger charge is 2.17. The van der Waals surface area contributed by atoms with Crippen molar-refractivity contribution in [2.45, 2.75) is 10.9 Å². The van der Waals surface area contributed by atoms with Gasteiger partial charge in [-0.25, -0.2) is 8.42 Å². The van der Waals surface area contributed by atoms with Crippen LogP contribution in [0.1, 0.15) is 17.3 Å². The molecule has 0 aliphatic rings. The molecule has 0 radical (unpaired) electrons. The van der Waals surface area contributed by atoms with Crippen LogP contribution in [0.25, 0.3) is 0 Å². The largest absolute Gasteiger partial charge is 0.308 e. The SMILES string of the molecule is CNC(c1cccc(S(C)(=O)=O)c1)c1ccnn1C. The van der Waals surface area contributed by atoms with Crippen LogP contribution in [0.4, 0.5) is 0 Å². The van der Waals surface area contributed by atoms with Gasteiger partial charge in [0.25, 0.3) is 0 Å². The lowest BCUT2D eigenvalue weighted by atomic mass is 10.0. The molecule has 2 rings (SSSR count). The molecule has 0 fully saturated rings. The topological polar surface area (TPSA) is 64.0 Å². The first-order valence-corrected chi connectivity index (χ1v) is 7.78. The lowest BCUT2D eigenvalue weighted by molar-refractivity contribution is 0.597. The summed E-state index contributed by atoms with van der Waals surface area (Å²) < 4.78 is 25.0. The Hall–Kier alpha value is -1.66. The van der Waals surface area contributed by atoms with E-state index in [1.807, 2.05) is 26.2 Å². The van der Waals surface area contributed by atoms with Crippen molar-refractivity contribution < 1.29 is 8.42 Å². The lowest BCUT2D eigenvalue weighted by Crippen LogP contribution is -2.20. The maximum absolute atomic E-state index is 11.6. The zero-order valence-corrected chi connectivity index (χ0v) is 12.0. The van der Waals surface area contributed by atoms with Crippen LogP contribution < -0.4 is 5.32 Å². The maximum atomic E-state index is 11.6. The summed E-state index contributed by atoms with van der Waals surface area (Å²) in [7, 11) is 0.503. The Morgan fingerprint density at radius 1 is 1.32 bits per heavy atom. The minimum absolute atomic E-state index is 0.0887. The summed E-state index contributed by atoms with van der Waals surface area (Å²) in [6, 6.07) is 8.79. The highest BCUT2D eigenvalue weighted by Crippen LogP contribution is 2.23. The summed E-state index contributed by atoms with van der Waals surface area (Å²) in [6.07, 6.45) is 2.94. The molecular weight excluding hydrogens is 262 g/mol. The first kappa shape index (κ1) is 13.8. The molecule has 0 amide bonds. The normalized spacial score (nSPS) is 13.4. The molecule has 1 heterocycles. The van der Waals surface area contributed by atoms with Gasteiger partial charge in [-0.2, -0.15) is 5.10 Å². The maximum Gasteiger partial charge on any atom is 0.175 e. The van der Waals surface area contributed by atoms with Crippen LogP contribution in [0.2, 0.25) is 0 Å². The summed E-state index contributed by atoms with van der Waals surface area (Å²) in [6.45, 7) is 0. The van der Waals surface area contributed by atoms with Gasteiger partial charge in [0, 0.05) is 19.5 Å². The summed E-state index contributed by atoms with van der Waals surface area (Å²) in [4.78, 5) is 0.326. The third kappa shape index (κ3) is 2.85. The minimum Gasteiger partial charge on any atom is -0.308 e. The molecule has 1 aromatic heterocycles. The predicted octanol–water partition coefficient (Wildman–Crippen LogP) is 1.13. The summed E-state index contributed by atoms with van der Waals surface area (Å²) in [5, 5.41) is 7.33. The van der Waals surface area contributed by atoms with E-state index in [2.05, 4.69) is 10.4 Å². The molecule has 0 aliphatic heterocycles. The van der Waals surface area contributed by atoms with Crippen LogP contribution in [0.3, 0.4) is 0 Å². The fourth-order valence-corrected chi connectivity index (χ4v) is 2.75. The first-order valence-electron chi connectivity index (χ1n) is 5.88. The number of nitrogens with zero attached hydrogens (tertiary/aromatic N) is 2. The average molecular weight is 279 g/mol. The third-order valence-electron chi connectivity index (χ3n) is 3.06. The zero-order valence-electron chi connectivity index (χ0n) is 11.2. The van der Waals surface area contributed by atoms with Crippen LogP contribution in [0, 0.1) is 0 Å². The van der Waals surface area contributed by atoms with E-state index in [1.54, 1.807) is 29.1 Å². The minimum atomic E-state index is -3.20. The van der Waals surface area contributed by atoms with E-state index in [-0.39, 0.29) is 6.04 Å². The third-order valence-corrected chi connectivity index (χ3v) is 4.17. The molecule has 0 saturated carbocycles. The van der Waals surface area contributed by atoms with Crippen molar-refractivity contribution in [3.63, 3.8) is 0 Å². The Balaban J connectivity index is 2.48. The molecule has 102 valence electrons. The van der Waals surface area contributed by atoms with Crippen LogP contribution in [0.5, 0.6) is 0 Å². The predicted molar refractivity (Wildman–Crippen MR) is 73.7 cm³/mol. The van der Waals surface area contributed by atoms with Crippen LogP contribution >= 0.6 is 0 Å². The molecule has 0 saturated heterocycles. The fraction of sp³-hybridized carbons (Fsp3) is 0.308. The van der Waals surface area contributed by atoms with Crippen LogP contribution in [-0.2, 0) is 16.9 Å². The number of sulfone groups is 1.